The van der Waals surface area contributed by atoms with Crippen LogP contribution in [0.2, 0.25) is 0 Å². The third-order valence-electron chi connectivity index (χ3n) is 3.24. The van der Waals surface area contributed by atoms with Gasteiger partial charge in [-0.1, -0.05) is 0 Å². The van der Waals surface area contributed by atoms with E-state index in [1.807, 2.05) is 23.7 Å². The lowest BCUT2D eigenvalue weighted by Gasteiger charge is -2.12. The molecule has 1 aliphatic carbocycles. The Morgan fingerprint density at radius 1 is 1.59 bits per heavy atom. The minimum Gasteiger partial charge on any atom is -0.367 e. The fourth-order valence-electron chi connectivity index (χ4n) is 2.09. The van der Waals surface area contributed by atoms with Crippen LogP contribution in [0.1, 0.15) is 18.5 Å². The molecule has 5 heteroatoms. The van der Waals surface area contributed by atoms with E-state index in [9.17, 15) is 0 Å². The quantitative estimate of drug-likeness (QED) is 0.829. The van der Waals surface area contributed by atoms with Crippen LogP contribution in [0.4, 0.5) is 5.82 Å². The monoisotopic (exact) mass is 231 g/mol. The van der Waals surface area contributed by atoms with Gasteiger partial charge in [0.25, 0.3) is 0 Å². The summed E-state index contributed by atoms with van der Waals surface area (Å²) in [6.45, 7) is 2.76. The predicted molar refractivity (Wildman–Crippen MR) is 66.9 cm³/mol. The number of fused-ring (bicyclic) bond motifs is 1. The molecule has 3 N–H and O–H groups in total. The van der Waals surface area contributed by atoms with Gasteiger partial charge >= 0.3 is 0 Å². The SMILES string of the molecule is Cc1cc2c(NCC(N)C3CC3)nccn2n1. The second kappa shape index (κ2) is 4.00. The molecule has 1 unspecified atom stereocenters. The summed E-state index contributed by atoms with van der Waals surface area (Å²) >= 11 is 0. The van der Waals surface area contributed by atoms with Crippen LogP contribution in [0.15, 0.2) is 18.5 Å². The Hall–Kier alpha value is -1.62. The molecule has 0 amide bonds. The number of nitrogens with one attached hydrogen (secondary N) is 1. The maximum absolute atomic E-state index is 6.06. The molecule has 2 aromatic rings. The molecule has 5 nitrogen and oxygen atoms in total. The average Bonchev–Trinajstić information content (AvgIpc) is 3.08. The largest absolute Gasteiger partial charge is 0.367 e. The van der Waals surface area contributed by atoms with Gasteiger partial charge in [0.1, 0.15) is 5.52 Å². The molecule has 1 fully saturated rings. The first-order chi connectivity index (χ1) is 8.24. The van der Waals surface area contributed by atoms with E-state index in [-0.39, 0.29) is 6.04 Å². The van der Waals surface area contributed by atoms with Crippen LogP contribution >= 0.6 is 0 Å². The smallest absolute Gasteiger partial charge is 0.152 e. The molecule has 0 aromatic carbocycles. The Morgan fingerprint density at radius 3 is 3.18 bits per heavy atom. The highest BCUT2D eigenvalue weighted by Gasteiger charge is 2.28. The summed E-state index contributed by atoms with van der Waals surface area (Å²) < 4.78 is 1.84. The first-order valence-electron chi connectivity index (χ1n) is 6.04. The van der Waals surface area contributed by atoms with Gasteiger partial charge in [0.2, 0.25) is 0 Å². The van der Waals surface area contributed by atoms with Crippen molar-refractivity contribution in [3.63, 3.8) is 0 Å². The lowest BCUT2D eigenvalue weighted by atomic mass is 10.2. The van der Waals surface area contributed by atoms with Crippen molar-refractivity contribution >= 4 is 11.3 Å². The lowest BCUT2D eigenvalue weighted by molar-refractivity contribution is 0.620. The van der Waals surface area contributed by atoms with E-state index in [4.69, 9.17) is 5.73 Å². The summed E-state index contributed by atoms with van der Waals surface area (Å²) in [5.74, 6) is 1.57. The van der Waals surface area contributed by atoms with Crippen LogP contribution < -0.4 is 11.1 Å². The summed E-state index contributed by atoms with van der Waals surface area (Å²) in [7, 11) is 0. The molecule has 0 aliphatic heterocycles. The molecule has 0 saturated heterocycles. The second-order valence-corrected chi connectivity index (χ2v) is 4.77. The molecule has 1 saturated carbocycles. The first kappa shape index (κ1) is 10.5. The van der Waals surface area contributed by atoms with E-state index in [2.05, 4.69) is 15.4 Å². The number of aryl methyl sites for hydroxylation is 1. The first-order valence-corrected chi connectivity index (χ1v) is 6.04. The topological polar surface area (TPSA) is 68.2 Å². The Labute approximate surface area is 100 Å². The molecular weight excluding hydrogens is 214 g/mol. The summed E-state index contributed by atoms with van der Waals surface area (Å²) in [5, 5.41) is 7.68. The van der Waals surface area contributed by atoms with Crippen molar-refractivity contribution in [1.29, 1.82) is 0 Å². The van der Waals surface area contributed by atoms with Gasteiger partial charge in [-0.25, -0.2) is 9.50 Å². The highest BCUT2D eigenvalue weighted by atomic mass is 15.2. The fraction of sp³-hybridized carbons (Fsp3) is 0.500. The number of hydrogen-bond acceptors (Lipinski definition) is 4. The molecule has 17 heavy (non-hydrogen) atoms. The molecular formula is C12H17N5. The second-order valence-electron chi connectivity index (χ2n) is 4.77. The van der Waals surface area contributed by atoms with E-state index >= 15 is 0 Å². The number of aromatic nitrogens is 3. The molecule has 2 heterocycles. The highest BCUT2D eigenvalue weighted by Crippen LogP contribution is 2.31. The Morgan fingerprint density at radius 2 is 2.41 bits per heavy atom. The van der Waals surface area contributed by atoms with Crippen molar-refractivity contribution in [2.24, 2.45) is 11.7 Å². The lowest BCUT2D eigenvalue weighted by Crippen LogP contribution is -2.31. The molecule has 1 aliphatic rings. The molecule has 0 bridgehead atoms. The van der Waals surface area contributed by atoms with Crippen molar-refractivity contribution in [1.82, 2.24) is 14.6 Å². The van der Waals surface area contributed by atoms with E-state index in [0.717, 1.165) is 23.6 Å². The van der Waals surface area contributed by atoms with Crippen LogP contribution in [0.25, 0.3) is 5.52 Å². The van der Waals surface area contributed by atoms with Crippen LogP contribution in [0, 0.1) is 12.8 Å². The predicted octanol–water partition coefficient (Wildman–Crippen LogP) is 1.19. The molecule has 0 spiro atoms. The Balaban J connectivity index is 1.79. The number of rotatable bonds is 4. The maximum atomic E-state index is 6.06. The van der Waals surface area contributed by atoms with Crippen molar-refractivity contribution in [2.75, 3.05) is 11.9 Å². The van der Waals surface area contributed by atoms with Gasteiger partial charge in [0.05, 0.1) is 5.69 Å². The van der Waals surface area contributed by atoms with E-state index in [1.54, 1.807) is 6.20 Å². The van der Waals surface area contributed by atoms with E-state index in [0.29, 0.717) is 5.92 Å². The zero-order valence-corrected chi connectivity index (χ0v) is 9.93. The zero-order valence-electron chi connectivity index (χ0n) is 9.93. The van der Waals surface area contributed by atoms with E-state index in [1.165, 1.54) is 12.8 Å². The summed E-state index contributed by atoms with van der Waals surface area (Å²) in [6.07, 6.45) is 6.15. The number of anilines is 1. The van der Waals surface area contributed by atoms with Crippen LogP contribution in [-0.4, -0.2) is 27.2 Å². The standard InChI is InChI=1S/C12H17N5/c1-8-6-11-12(14-4-5-17(11)16-8)15-7-10(13)9-2-3-9/h4-6,9-10H,2-3,7,13H2,1H3,(H,14,15). The summed E-state index contributed by atoms with van der Waals surface area (Å²) in [6, 6.07) is 2.26. The molecule has 2 aromatic heterocycles. The van der Waals surface area contributed by atoms with Gasteiger partial charge < -0.3 is 11.1 Å². The normalized spacial score (nSPS) is 17.3. The molecule has 90 valence electrons. The van der Waals surface area contributed by atoms with Crippen molar-refractivity contribution < 1.29 is 0 Å². The van der Waals surface area contributed by atoms with Gasteiger partial charge in [-0.05, 0) is 31.7 Å². The van der Waals surface area contributed by atoms with Crippen LogP contribution in [0.3, 0.4) is 0 Å². The highest BCUT2D eigenvalue weighted by molar-refractivity contribution is 5.67. The van der Waals surface area contributed by atoms with Crippen LogP contribution in [-0.2, 0) is 0 Å². The van der Waals surface area contributed by atoms with Gasteiger partial charge in [-0.15, -0.1) is 0 Å². The number of nitrogens with zero attached hydrogens (tertiary/aromatic N) is 3. The number of hydrogen-bond donors (Lipinski definition) is 2. The van der Waals surface area contributed by atoms with Gasteiger partial charge in [-0.2, -0.15) is 5.10 Å². The van der Waals surface area contributed by atoms with Gasteiger partial charge in [0, 0.05) is 25.0 Å². The summed E-state index contributed by atoms with van der Waals surface area (Å²) in [5.41, 5.74) is 8.06. The van der Waals surface area contributed by atoms with Gasteiger partial charge in [0.15, 0.2) is 5.82 Å². The molecule has 3 rings (SSSR count). The minimum absolute atomic E-state index is 0.237. The van der Waals surface area contributed by atoms with Gasteiger partial charge in [-0.3, -0.25) is 0 Å². The fourth-order valence-corrected chi connectivity index (χ4v) is 2.09. The van der Waals surface area contributed by atoms with Crippen LogP contribution in [0.5, 0.6) is 0 Å². The third kappa shape index (κ3) is 2.10. The summed E-state index contributed by atoms with van der Waals surface area (Å²) in [4.78, 5) is 4.34. The van der Waals surface area contributed by atoms with Crippen molar-refractivity contribution in [2.45, 2.75) is 25.8 Å². The molecule has 1 atom stereocenters. The van der Waals surface area contributed by atoms with Crippen molar-refractivity contribution in [3.05, 3.63) is 24.2 Å². The Bertz CT molecular complexity index is 529. The van der Waals surface area contributed by atoms with E-state index < -0.39 is 0 Å². The average molecular weight is 231 g/mol. The zero-order chi connectivity index (χ0) is 11.8. The molecule has 0 radical (unpaired) electrons. The van der Waals surface area contributed by atoms with Crippen molar-refractivity contribution in [3.8, 4) is 0 Å². The third-order valence-corrected chi connectivity index (χ3v) is 3.24. The maximum Gasteiger partial charge on any atom is 0.152 e. The number of nitrogens with two attached hydrogens (primary N) is 1. The Kier molecular flexibility index (Phi) is 2.48. The minimum atomic E-state index is 0.237.